The molecule has 0 aliphatic carbocycles. The molecule has 0 bridgehead atoms. The van der Waals surface area contributed by atoms with Crippen LogP contribution in [0, 0.1) is 0 Å². The summed E-state index contributed by atoms with van der Waals surface area (Å²) in [5.74, 6) is 0. The van der Waals surface area contributed by atoms with Crippen molar-refractivity contribution in [2.45, 2.75) is 12.2 Å². The van der Waals surface area contributed by atoms with Crippen molar-refractivity contribution < 1.29 is 8.42 Å². The molecule has 0 saturated carbocycles. The molecule has 1 rings (SSSR count). The summed E-state index contributed by atoms with van der Waals surface area (Å²) in [6.45, 7) is 4.63. The first-order valence-electron chi connectivity index (χ1n) is 4.86. The first-order valence-corrected chi connectivity index (χ1v) is 6.36. The van der Waals surface area contributed by atoms with Gasteiger partial charge in [-0.3, -0.25) is 0 Å². The van der Waals surface area contributed by atoms with Gasteiger partial charge in [-0.1, -0.05) is 0 Å². The third-order valence-electron chi connectivity index (χ3n) is 2.66. The van der Waals surface area contributed by atoms with Crippen LogP contribution >= 0.6 is 0 Å². The van der Waals surface area contributed by atoms with E-state index in [9.17, 15) is 8.42 Å². The second kappa shape index (κ2) is 4.57. The Kier molecular flexibility index (Phi) is 3.88. The summed E-state index contributed by atoms with van der Waals surface area (Å²) < 4.78 is 25.2. The smallest absolute Gasteiger partial charge is 0.218 e. The molecule has 1 aliphatic rings. The fraction of sp³-hybridized carbons (Fsp3) is 1.00. The maximum atomic E-state index is 11.9. The van der Waals surface area contributed by atoms with Gasteiger partial charge in [-0.15, -0.1) is 0 Å². The van der Waals surface area contributed by atoms with Crippen LogP contribution in [0.15, 0.2) is 0 Å². The fourth-order valence-electron chi connectivity index (χ4n) is 1.42. The minimum Gasteiger partial charge on any atom is -0.329 e. The summed E-state index contributed by atoms with van der Waals surface area (Å²) in [7, 11) is -1.16. The van der Waals surface area contributed by atoms with Gasteiger partial charge in [0.1, 0.15) is 0 Å². The van der Waals surface area contributed by atoms with Crippen LogP contribution in [-0.4, -0.2) is 62.6 Å². The number of sulfonamides is 1. The van der Waals surface area contributed by atoms with Crippen LogP contribution in [0.25, 0.3) is 0 Å². The van der Waals surface area contributed by atoms with E-state index in [0.717, 1.165) is 13.1 Å². The topological polar surface area (TPSA) is 66.6 Å². The first kappa shape index (κ1) is 11.9. The van der Waals surface area contributed by atoms with Crippen LogP contribution < -0.4 is 5.73 Å². The molecule has 1 aliphatic heterocycles. The Morgan fingerprint density at radius 3 is 2.21 bits per heavy atom. The molecule has 0 radical (unpaired) electrons. The number of likely N-dealkylation sites (N-methyl/N-ethyl adjacent to an activating group) is 1. The number of nitrogens with two attached hydrogens (primary N) is 1. The zero-order chi connectivity index (χ0) is 10.8. The van der Waals surface area contributed by atoms with E-state index < -0.39 is 15.3 Å². The van der Waals surface area contributed by atoms with E-state index in [2.05, 4.69) is 4.90 Å². The molecule has 2 N–H and O–H groups in total. The van der Waals surface area contributed by atoms with Crippen molar-refractivity contribution >= 4 is 10.0 Å². The third-order valence-corrected chi connectivity index (χ3v) is 4.96. The van der Waals surface area contributed by atoms with Crippen molar-refractivity contribution in [2.75, 3.05) is 39.8 Å². The van der Waals surface area contributed by atoms with Gasteiger partial charge >= 0.3 is 0 Å². The van der Waals surface area contributed by atoms with Crippen molar-refractivity contribution in [3.05, 3.63) is 0 Å². The molecule has 84 valence electrons. The first-order chi connectivity index (χ1) is 6.48. The minimum absolute atomic E-state index is 0.189. The molecule has 0 aromatic rings. The zero-order valence-corrected chi connectivity index (χ0v) is 9.63. The van der Waals surface area contributed by atoms with E-state index in [4.69, 9.17) is 5.73 Å². The quantitative estimate of drug-likeness (QED) is 0.658. The van der Waals surface area contributed by atoms with Crippen molar-refractivity contribution in [3.8, 4) is 0 Å². The van der Waals surface area contributed by atoms with Gasteiger partial charge in [0.05, 0.1) is 5.25 Å². The maximum Gasteiger partial charge on any atom is 0.218 e. The fourth-order valence-corrected chi connectivity index (χ4v) is 2.84. The zero-order valence-electron chi connectivity index (χ0n) is 8.81. The van der Waals surface area contributed by atoms with Crippen molar-refractivity contribution in [3.63, 3.8) is 0 Å². The molecule has 1 saturated heterocycles. The highest BCUT2D eigenvalue weighted by Crippen LogP contribution is 2.10. The molecule has 1 heterocycles. The number of rotatable bonds is 3. The van der Waals surface area contributed by atoms with Gasteiger partial charge in [0.2, 0.25) is 10.0 Å². The Morgan fingerprint density at radius 2 is 1.79 bits per heavy atom. The van der Waals surface area contributed by atoms with Crippen LogP contribution in [0.1, 0.15) is 6.92 Å². The monoisotopic (exact) mass is 221 g/mol. The number of nitrogens with zero attached hydrogens (tertiary/aromatic N) is 2. The lowest BCUT2D eigenvalue weighted by Gasteiger charge is -2.33. The van der Waals surface area contributed by atoms with Gasteiger partial charge in [-0.25, -0.2) is 8.42 Å². The summed E-state index contributed by atoms with van der Waals surface area (Å²) in [6, 6.07) is 0. The van der Waals surface area contributed by atoms with Crippen LogP contribution in [-0.2, 0) is 10.0 Å². The van der Waals surface area contributed by atoms with Crippen LogP contribution in [0.4, 0.5) is 0 Å². The predicted octanol–water partition coefficient (Wildman–Crippen LogP) is -1.09. The van der Waals surface area contributed by atoms with E-state index in [-0.39, 0.29) is 6.54 Å². The molecule has 14 heavy (non-hydrogen) atoms. The van der Waals surface area contributed by atoms with Crippen molar-refractivity contribution in [1.29, 1.82) is 0 Å². The van der Waals surface area contributed by atoms with Gasteiger partial charge in [0.15, 0.2) is 0 Å². The summed E-state index contributed by atoms with van der Waals surface area (Å²) in [6.07, 6.45) is 0. The normalized spacial score (nSPS) is 23.6. The van der Waals surface area contributed by atoms with Gasteiger partial charge in [0.25, 0.3) is 0 Å². The lowest BCUT2D eigenvalue weighted by Crippen LogP contribution is -2.50. The predicted molar refractivity (Wildman–Crippen MR) is 56.5 cm³/mol. The molecule has 0 aromatic carbocycles. The Morgan fingerprint density at radius 1 is 1.29 bits per heavy atom. The van der Waals surface area contributed by atoms with Crippen LogP contribution in [0.2, 0.25) is 0 Å². The molecular weight excluding hydrogens is 202 g/mol. The second-order valence-electron chi connectivity index (χ2n) is 3.79. The van der Waals surface area contributed by atoms with E-state index in [1.54, 1.807) is 11.2 Å². The highest BCUT2D eigenvalue weighted by atomic mass is 32.2. The average molecular weight is 221 g/mol. The Hall–Kier alpha value is -0.170. The number of piperazine rings is 1. The highest BCUT2D eigenvalue weighted by molar-refractivity contribution is 7.89. The molecule has 6 heteroatoms. The molecule has 5 nitrogen and oxygen atoms in total. The Labute approximate surface area is 85.9 Å². The van der Waals surface area contributed by atoms with Crippen molar-refractivity contribution in [2.24, 2.45) is 5.73 Å². The number of hydrogen-bond acceptors (Lipinski definition) is 4. The standard InChI is InChI=1S/C8H19N3O2S/c1-8(7-9)14(12,13)11-5-3-10(2)4-6-11/h8H,3-7,9H2,1-2H3. The van der Waals surface area contributed by atoms with Gasteiger partial charge in [-0.2, -0.15) is 4.31 Å². The van der Waals surface area contributed by atoms with Crippen molar-refractivity contribution in [1.82, 2.24) is 9.21 Å². The van der Waals surface area contributed by atoms with Gasteiger partial charge < -0.3 is 10.6 Å². The Bertz CT molecular complexity index is 270. The largest absolute Gasteiger partial charge is 0.329 e. The second-order valence-corrected chi connectivity index (χ2v) is 6.14. The lowest BCUT2D eigenvalue weighted by molar-refractivity contribution is 0.221. The average Bonchev–Trinajstić information content (AvgIpc) is 2.17. The van der Waals surface area contributed by atoms with Gasteiger partial charge in [-0.05, 0) is 14.0 Å². The van der Waals surface area contributed by atoms with E-state index in [1.165, 1.54) is 0 Å². The SMILES string of the molecule is CC(CN)S(=O)(=O)N1CCN(C)CC1. The summed E-state index contributed by atoms with van der Waals surface area (Å²) in [5.41, 5.74) is 5.38. The van der Waals surface area contributed by atoms with E-state index >= 15 is 0 Å². The minimum atomic E-state index is -3.15. The molecule has 0 spiro atoms. The van der Waals surface area contributed by atoms with Gasteiger partial charge in [0, 0.05) is 32.7 Å². The molecule has 1 fully saturated rings. The highest BCUT2D eigenvalue weighted by Gasteiger charge is 2.29. The van der Waals surface area contributed by atoms with E-state index in [1.807, 2.05) is 7.05 Å². The summed E-state index contributed by atoms with van der Waals surface area (Å²) >= 11 is 0. The Balaban J connectivity index is 2.65. The molecular formula is C8H19N3O2S. The lowest BCUT2D eigenvalue weighted by atomic mass is 10.4. The molecule has 0 aromatic heterocycles. The molecule has 1 atom stereocenters. The maximum absolute atomic E-state index is 11.9. The number of hydrogen-bond donors (Lipinski definition) is 1. The summed E-state index contributed by atoms with van der Waals surface area (Å²) in [4.78, 5) is 2.12. The van der Waals surface area contributed by atoms with Crippen LogP contribution in [0.3, 0.4) is 0 Å². The van der Waals surface area contributed by atoms with E-state index in [0.29, 0.717) is 13.1 Å². The molecule has 0 amide bonds. The third kappa shape index (κ3) is 2.44. The summed E-state index contributed by atoms with van der Waals surface area (Å²) in [5, 5.41) is -0.467. The van der Waals surface area contributed by atoms with Crippen LogP contribution in [0.5, 0.6) is 0 Å². The molecule has 1 unspecified atom stereocenters.